The quantitative estimate of drug-likeness (QED) is 0.467. The predicted octanol–water partition coefficient (Wildman–Crippen LogP) is 3.42. The van der Waals surface area contributed by atoms with Crippen molar-refractivity contribution in [2.24, 2.45) is 0 Å². The fraction of sp³-hybridized carbons (Fsp3) is 0.227. The zero-order valence-electron chi connectivity index (χ0n) is 18.2. The van der Waals surface area contributed by atoms with E-state index in [0.29, 0.717) is 16.2 Å². The van der Waals surface area contributed by atoms with Gasteiger partial charge in [-0.2, -0.15) is 4.31 Å². The Morgan fingerprint density at radius 3 is 2.33 bits per heavy atom. The number of halogens is 1. The molecule has 0 aliphatic heterocycles. The van der Waals surface area contributed by atoms with Crippen molar-refractivity contribution in [3.63, 3.8) is 0 Å². The largest absolute Gasteiger partial charge is 0.325 e. The number of amides is 2. The molecule has 0 fully saturated rings. The van der Waals surface area contributed by atoms with Gasteiger partial charge in [0, 0.05) is 42.0 Å². The topological polar surface area (TPSA) is 128 Å². The summed E-state index contributed by atoms with van der Waals surface area (Å²) in [4.78, 5) is 39.4. The number of carbonyl (C=O) groups excluding carboxylic acids is 2. The molecule has 0 aliphatic carbocycles. The molecule has 33 heavy (non-hydrogen) atoms. The van der Waals surface area contributed by atoms with E-state index in [-0.39, 0.29) is 40.5 Å². The Morgan fingerprint density at radius 1 is 1.00 bits per heavy atom. The zero-order chi connectivity index (χ0) is 24.3. The maximum atomic E-state index is 13.2. The summed E-state index contributed by atoms with van der Waals surface area (Å²) >= 11 is 6.04. The molecule has 0 bridgehead atoms. The van der Waals surface area contributed by atoms with Crippen molar-refractivity contribution in [1.82, 2.24) is 9.29 Å². The molecule has 11 heteroatoms. The molecule has 9 nitrogen and oxygen atoms in total. The molecule has 0 spiro atoms. The molecule has 0 radical (unpaired) electrons. The fourth-order valence-electron chi connectivity index (χ4n) is 3.40. The Kier molecular flexibility index (Phi) is 7.21. The van der Waals surface area contributed by atoms with Crippen LogP contribution in [-0.2, 0) is 14.8 Å². The van der Waals surface area contributed by atoms with Gasteiger partial charge in [-0.1, -0.05) is 25.4 Å². The first kappa shape index (κ1) is 24.4. The minimum Gasteiger partial charge on any atom is -0.325 e. The second-order valence-electron chi connectivity index (χ2n) is 7.17. The van der Waals surface area contributed by atoms with Crippen LogP contribution in [0.2, 0.25) is 5.02 Å². The van der Waals surface area contributed by atoms with Gasteiger partial charge in [-0.3, -0.25) is 14.4 Å². The minimum absolute atomic E-state index is 0.00138. The molecule has 174 valence electrons. The molecular weight excluding hydrogens is 468 g/mol. The second kappa shape index (κ2) is 9.74. The molecule has 0 saturated carbocycles. The number of anilines is 2. The van der Waals surface area contributed by atoms with E-state index in [0.717, 1.165) is 6.07 Å². The molecule has 3 N–H and O–H groups in total. The van der Waals surface area contributed by atoms with Gasteiger partial charge in [0.2, 0.25) is 21.5 Å². The lowest BCUT2D eigenvalue weighted by atomic mass is 10.1. The van der Waals surface area contributed by atoms with Crippen molar-refractivity contribution in [2.75, 3.05) is 23.7 Å². The van der Waals surface area contributed by atoms with Crippen LogP contribution in [0.1, 0.15) is 31.1 Å². The van der Waals surface area contributed by atoms with Gasteiger partial charge >= 0.3 is 0 Å². The molecule has 3 rings (SSSR count). The van der Waals surface area contributed by atoms with Crippen LogP contribution in [0.25, 0.3) is 10.9 Å². The van der Waals surface area contributed by atoms with Crippen molar-refractivity contribution < 1.29 is 18.0 Å². The number of aromatic amines is 1. The number of nitrogens with zero attached hydrogens (tertiary/aromatic N) is 1. The summed E-state index contributed by atoms with van der Waals surface area (Å²) in [5, 5.41) is 5.82. The summed E-state index contributed by atoms with van der Waals surface area (Å²) in [6.07, 6.45) is 0. The minimum atomic E-state index is -3.79. The molecule has 0 unspecified atom stereocenters. The van der Waals surface area contributed by atoms with E-state index in [1.54, 1.807) is 19.9 Å². The third kappa shape index (κ3) is 5.24. The van der Waals surface area contributed by atoms with Crippen LogP contribution >= 0.6 is 11.6 Å². The Bertz CT molecular complexity index is 1400. The van der Waals surface area contributed by atoms with Crippen molar-refractivity contribution in [3.05, 3.63) is 63.4 Å². The summed E-state index contributed by atoms with van der Waals surface area (Å²) in [7, 11) is -3.79. The summed E-state index contributed by atoms with van der Waals surface area (Å²) in [6, 6.07) is 9.83. The van der Waals surface area contributed by atoms with Gasteiger partial charge in [0.25, 0.3) is 5.91 Å². The highest BCUT2D eigenvalue weighted by Crippen LogP contribution is 2.28. The zero-order valence-corrected chi connectivity index (χ0v) is 19.8. The number of aromatic nitrogens is 1. The van der Waals surface area contributed by atoms with Crippen LogP contribution < -0.4 is 16.2 Å². The van der Waals surface area contributed by atoms with Crippen LogP contribution in [0, 0.1) is 0 Å². The van der Waals surface area contributed by atoms with Crippen LogP contribution in [0.4, 0.5) is 11.4 Å². The number of carbonyl (C=O) groups is 2. The van der Waals surface area contributed by atoms with Crippen LogP contribution in [0.15, 0.2) is 52.2 Å². The monoisotopic (exact) mass is 490 g/mol. The highest BCUT2D eigenvalue weighted by Gasteiger charge is 2.23. The van der Waals surface area contributed by atoms with E-state index >= 15 is 0 Å². The molecule has 1 heterocycles. The van der Waals surface area contributed by atoms with Gasteiger partial charge in [0.1, 0.15) is 0 Å². The highest BCUT2D eigenvalue weighted by molar-refractivity contribution is 7.89. The lowest BCUT2D eigenvalue weighted by Gasteiger charge is -2.19. The fourth-order valence-corrected chi connectivity index (χ4v) is 5.06. The number of hydrogen-bond donors (Lipinski definition) is 3. The van der Waals surface area contributed by atoms with Crippen LogP contribution in [0.3, 0.4) is 0 Å². The van der Waals surface area contributed by atoms with E-state index in [4.69, 9.17) is 11.6 Å². The average molecular weight is 491 g/mol. The average Bonchev–Trinajstić information content (AvgIpc) is 2.75. The van der Waals surface area contributed by atoms with Gasteiger partial charge in [-0.05, 0) is 36.4 Å². The number of nitrogens with one attached hydrogen (secondary N) is 3. The first-order valence-corrected chi connectivity index (χ1v) is 11.9. The van der Waals surface area contributed by atoms with Gasteiger partial charge in [0.15, 0.2) is 0 Å². The molecule has 0 saturated heterocycles. The number of H-pyrrole nitrogens is 1. The number of pyridine rings is 1. The van der Waals surface area contributed by atoms with Crippen molar-refractivity contribution >= 4 is 55.7 Å². The lowest BCUT2D eigenvalue weighted by molar-refractivity contribution is -0.114. The molecule has 2 amide bonds. The van der Waals surface area contributed by atoms with Gasteiger partial charge < -0.3 is 15.6 Å². The molecule has 0 aliphatic rings. The normalized spacial score (nSPS) is 11.5. The molecule has 3 aromatic rings. The summed E-state index contributed by atoms with van der Waals surface area (Å²) in [5.41, 5.74) is 0.292. The first-order valence-electron chi connectivity index (χ1n) is 10.1. The molecule has 2 aromatic carbocycles. The SMILES string of the molecule is CCN(CC)S(=O)(=O)c1ccc2[nH]c(=O)cc(C(=O)Nc3cc(Cl)ccc3NC(C)=O)c2c1. The van der Waals surface area contributed by atoms with E-state index in [2.05, 4.69) is 15.6 Å². The second-order valence-corrected chi connectivity index (χ2v) is 9.54. The van der Waals surface area contributed by atoms with Crippen molar-refractivity contribution in [3.8, 4) is 0 Å². The van der Waals surface area contributed by atoms with E-state index < -0.39 is 21.5 Å². The third-order valence-corrected chi connectivity index (χ3v) is 7.22. The summed E-state index contributed by atoms with van der Waals surface area (Å²) < 4.78 is 27.2. The standard InChI is InChI=1S/C22H23ClN4O5S/c1-4-27(5-2)33(31,32)15-7-9-18-16(11-15)17(12-21(29)25-18)22(30)26-20-10-14(23)6-8-19(20)24-13(3)28/h6-12H,4-5H2,1-3H3,(H,24,28)(H,25,29)(H,26,30). The molecule has 0 atom stereocenters. The first-order chi connectivity index (χ1) is 15.6. The van der Waals surface area contributed by atoms with Gasteiger partial charge in [-0.25, -0.2) is 8.42 Å². The van der Waals surface area contributed by atoms with E-state index in [1.807, 2.05) is 0 Å². The van der Waals surface area contributed by atoms with E-state index in [9.17, 15) is 22.8 Å². The number of rotatable bonds is 7. The predicted molar refractivity (Wildman–Crippen MR) is 128 cm³/mol. The maximum absolute atomic E-state index is 13.2. The molecule has 1 aromatic heterocycles. The summed E-state index contributed by atoms with van der Waals surface area (Å²) in [5.74, 6) is -1.02. The van der Waals surface area contributed by atoms with Crippen molar-refractivity contribution in [1.29, 1.82) is 0 Å². The highest BCUT2D eigenvalue weighted by atomic mass is 35.5. The Balaban J connectivity index is 2.11. The summed E-state index contributed by atoms with van der Waals surface area (Å²) in [6.45, 7) is 5.36. The van der Waals surface area contributed by atoms with Crippen LogP contribution in [-0.4, -0.2) is 42.6 Å². The third-order valence-electron chi connectivity index (χ3n) is 4.94. The number of benzene rings is 2. The number of hydrogen-bond acceptors (Lipinski definition) is 5. The van der Waals surface area contributed by atoms with E-state index in [1.165, 1.54) is 41.6 Å². The smallest absolute Gasteiger partial charge is 0.256 e. The number of sulfonamides is 1. The Labute approximate surface area is 195 Å². The Morgan fingerprint density at radius 2 is 1.70 bits per heavy atom. The van der Waals surface area contributed by atoms with Gasteiger partial charge in [-0.15, -0.1) is 0 Å². The number of fused-ring (bicyclic) bond motifs is 1. The van der Waals surface area contributed by atoms with Crippen LogP contribution in [0.5, 0.6) is 0 Å². The van der Waals surface area contributed by atoms with Gasteiger partial charge in [0.05, 0.1) is 21.8 Å². The van der Waals surface area contributed by atoms with Crippen molar-refractivity contribution in [2.45, 2.75) is 25.7 Å². The molecular formula is C22H23ClN4O5S. The maximum Gasteiger partial charge on any atom is 0.256 e. The Hall–Kier alpha value is -3.21. The lowest BCUT2D eigenvalue weighted by Crippen LogP contribution is -2.30.